The average Bonchev–Trinajstić information content (AvgIpc) is 3.33. The molecule has 0 unspecified atom stereocenters. The summed E-state index contributed by atoms with van der Waals surface area (Å²) in [6.45, 7) is 3.44. The number of amides is 1. The van der Waals surface area contributed by atoms with Gasteiger partial charge in [0, 0.05) is 25.9 Å². The molecular weight excluding hydrogens is 366 g/mol. The van der Waals surface area contributed by atoms with Crippen LogP contribution in [0.5, 0.6) is 0 Å². The van der Waals surface area contributed by atoms with Crippen molar-refractivity contribution in [2.75, 3.05) is 6.54 Å². The first-order valence-electron chi connectivity index (χ1n) is 8.93. The molecule has 1 N–H and O–H groups in total. The monoisotopic (exact) mass is 387 g/mol. The molecule has 136 valence electrons. The van der Waals surface area contributed by atoms with Crippen molar-refractivity contribution in [1.82, 2.24) is 25.1 Å². The minimum atomic E-state index is -0.0570. The molecule has 0 saturated heterocycles. The molecule has 0 aliphatic carbocycles. The van der Waals surface area contributed by atoms with Gasteiger partial charge in [0.05, 0.1) is 10.6 Å². The molecule has 0 radical (unpaired) electrons. The molecule has 0 atom stereocenters. The first-order valence-corrected chi connectivity index (χ1v) is 10.6. The number of aryl methyl sites for hydroxylation is 2. The second-order valence-corrected chi connectivity index (χ2v) is 8.36. The molecule has 0 spiro atoms. The highest BCUT2D eigenvalue weighted by atomic mass is 32.1. The van der Waals surface area contributed by atoms with Gasteiger partial charge in [-0.3, -0.25) is 4.79 Å². The topological polar surface area (TPSA) is 72.7 Å². The van der Waals surface area contributed by atoms with E-state index in [4.69, 9.17) is 0 Å². The number of fused-ring (bicyclic) bond motifs is 1. The van der Waals surface area contributed by atoms with Gasteiger partial charge < -0.3 is 9.88 Å². The molecule has 4 heterocycles. The summed E-state index contributed by atoms with van der Waals surface area (Å²) in [5.74, 6) is 2.00. The number of nitrogens with one attached hydrogen (secondary N) is 1. The second kappa shape index (κ2) is 7.67. The minimum absolute atomic E-state index is 0.0570. The summed E-state index contributed by atoms with van der Waals surface area (Å²) in [5, 5.41) is 14.6. The smallest absolute Gasteiger partial charge is 0.263 e. The zero-order valence-electron chi connectivity index (χ0n) is 14.7. The summed E-state index contributed by atoms with van der Waals surface area (Å²) in [7, 11) is 0. The molecule has 26 heavy (non-hydrogen) atoms. The summed E-state index contributed by atoms with van der Waals surface area (Å²) < 4.78 is 2.23. The summed E-state index contributed by atoms with van der Waals surface area (Å²) in [6.07, 6.45) is 5.32. The highest BCUT2D eigenvalue weighted by Crippen LogP contribution is 2.30. The molecule has 0 saturated carbocycles. The number of thiophene rings is 1. The van der Waals surface area contributed by atoms with Crippen LogP contribution in [0.4, 0.5) is 0 Å². The SMILES string of the molecule is Cc1nc(-c2cccs2)sc1C(=O)NCCc1nnc2n1CCCCC2. The maximum Gasteiger partial charge on any atom is 0.263 e. The number of hydrogen-bond donors (Lipinski definition) is 1. The van der Waals surface area contributed by atoms with Crippen LogP contribution < -0.4 is 5.32 Å². The van der Waals surface area contributed by atoms with Crippen LogP contribution in [0.3, 0.4) is 0 Å². The first-order chi connectivity index (χ1) is 12.7. The van der Waals surface area contributed by atoms with Gasteiger partial charge in [-0.25, -0.2) is 4.98 Å². The normalized spacial score (nSPS) is 14.0. The van der Waals surface area contributed by atoms with Crippen LogP contribution in [-0.2, 0) is 19.4 Å². The van der Waals surface area contributed by atoms with E-state index in [1.54, 1.807) is 11.3 Å². The fraction of sp³-hybridized carbons (Fsp3) is 0.444. The molecular formula is C18H21N5OS2. The largest absolute Gasteiger partial charge is 0.351 e. The lowest BCUT2D eigenvalue weighted by Gasteiger charge is -2.07. The van der Waals surface area contributed by atoms with Crippen molar-refractivity contribution < 1.29 is 4.79 Å². The molecule has 1 aliphatic heterocycles. The quantitative estimate of drug-likeness (QED) is 0.727. The van der Waals surface area contributed by atoms with E-state index in [1.807, 2.05) is 24.4 Å². The van der Waals surface area contributed by atoms with Crippen molar-refractivity contribution in [1.29, 1.82) is 0 Å². The zero-order valence-corrected chi connectivity index (χ0v) is 16.3. The van der Waals surface area contributed by atoms with E-state index in [-0.39, 0.29) is 5.91 Å². The van der Waals surface area contributed by atoms with Gasteiger partial charge in [-0.05, 0) is 31.2 Å². The Hall–Kier alpha value is -2.06. The van der Waals surface area contributed by atoms with Crippen LogP contribution >= 0.6 is 22.7 Å². The predicted molar refractivity (Wildman–Crippen MR) is 104 cm³/mol. The summed E-state index contributed by atoms with van der Waals surface area (Å²) >= 11 is 3.09. The fourth-order valence-corrected chi connectivity index (χ4v) is 4.99. The van der Waals surface area contributed by atoms with Gasteiger partial charge in [0.15, 0.2) is 0 Å². The van der Waals surface area contributed by atoms with Crippen LogP contribution in [0.25, 0.3) is 9.88 Å². The van der Waals surface area contributed by atoms with Crippen molar-refractivity contribution >= 4 is 28.6 Å². The molecule has 3 aromatic heterocycles. The fourth-order valence-electron chi connectivity index (χ4n) is 3.21. The standard InChI is InChI=1S/C18H21N5OS2/c1-12-16(26-18(20-12)13-6-5-11-25-13)17(24)19-9-8-15-22-21-14-7-3-2-4-10-23(14)15/h5-6,11H,2-4,7-10H2,1H3,(H,19,24). The number of rotatable bonds is 5. The summed E-state index contributed by atoms with van der Waals surface area (Å²) in [6, 6.07) is 4.03. The second-order valence-electron chi connectivity index (χ2n) is 6.41. The molecule has 0 aromatic carbocycles. The Labute approximate surface area is 160 Å². The molecule has 3 aromatic rings. The molecule has 0 fully saturated rings. The molecule has 8 heteroatoms. The Kier molecular flexibility index (Phi) is 5.12. The maximum atomic E-state index is 12.5. The number of aromatic nitrogens is 4. The van der Waals surface area contributed by atoms with Crippen LogP contribution in [0.1, 0.15) is 46.3 Å². The molecule has 1 aliphatic rings. The van der Waals surface area contributed by atoms with Crippen molar-refractivity contribution in [3.63, 3.8) is 0 Å². The van der Waals surface area contributed by atoms with Gasteiger partial charge >= 0.3 is 0 Å². The van der Waals surface area contributed by atoms with Gasteiger partial charge in [0.1, 0.15) is 21.5 Å². The van der Waals surface area contributed by atoms with E-state index >= 15 is 0 Å². The van der Waals surface area contributed by atoms with E-state index in [0.717, 1.165) is 40.2 Å². The Morgan fingerprint density at radius 2 is 2.23 bits per heavy atom. The minimum Gasteiger partial charge on any atom is -0.351 e. The van der Waals surface area contributed by atoms with Crippen LogP contribution in [0.15, 0.2) is 17.5 Å². The summed E-state index contributed by atoms with van der Waals surface area (Å²) in [5.41, 5.74) is 0.784. The lowest BCUT2D eigenvalue weighted by Crippen LogP contribution is -2.26. The summed E-state index contributed by atoms with van der Waals surface area (Å²) in [4.78, 5) is 18.9. The van der Waals surface area contributed by atoms with Gasteiger partial charge in [-0.15, -0.1) is 32.9 Å². The van der Waals surface area contributed by atoms with E-state index < -0.39 is 0 Å². The third kappa shape index (κ3) is 3.57. The lowest BCUT2D eigenvalue weighted by molar-refractivity contribution is 0.0957. The highest BCUT2D eigenvalue weighted by Gasteiger charge is 2.18. The predicted octanol–water partition coefficient (Wildman–Crippen LogP) is 3.47. The number of carbonyl (C=O) groups excluding carboxylic acids is 1. The Morgan fingerprint density at radius 3 is 3.08 bits per heavy atom. The zero-order chi connectivity index (χ0) is 17.9. The van der Waals surface area contributed by atoms with Crippen molar-refractivity contribution in [3.8, 4) is 9.88 Å². The Morgan fingerprint density at radius 1 is 1.31 bits per heavy atom. The third-order valence-electron chi connectivity index (χ3n) is 4.56. The van der Waals surface area contributed by atoms with E-state index in [1.165, 1.54) is 30.6 Å². The number of nitrogens with zero attached hydrogens (tertiary/aromatic N) is 4. The van der Waals surface area contributed by atoms with Gasteiger partial charge in [-0.2, -0.15) is 0 Å². The molecule has 4 rings (SSSR count). The van der Waals surface area contributed by atoms with Crippen molar-refractivity contribution in [3.05, 3.63) is 39.7 Å². The number of carbonyl (C=O) groups is 1. The van der Waals surface area contributed by atoms with Gasteiger partial charge in [0.2, 0.25) is 0 Å². The van der Waals surface area contributed by atoms with Gasteiger partial charge in [0.25, 0.3) is 5.91 Å². The lowest BCUT2D eigenvalue weighted by atomic mass is 10.2. The van der Waals surface area contributed by atoms with Crippen molar-refractivity contribution in [2.45, 2.75) is 45.6 Å². The first kappa shape index (κ1) is 17.4. The number of hydrogen-bond acceptors (Lipinski definition) is 6. The molecule has 6 nitrogen and oxygen atoms in total. The number of thiazole rings is 1. The maximum absolute atomic E-state index is 12.5. The Balaban J connectivity index is 1.38. The van der Waals surface area contributed by atoms with Gasteiger partial charge in [-0.1, -0.05) is 12.5 Å². The molecule has 1 amide bonds. The highest BCUT2D eigenvalue weighted by molar-refractivity contribution is 7.22. The van der Waals surface area contributed by atoms with E-state index in [2.05, 4.69) is 25.1 Å². The molecule has 0 bridgehead atoms. The van der Waals surface area contributed by atoms with Crippen LogP contribution in [-0.4, -0.2) is 32.2 Å². The van der Waals surface area contributed by atoms with Crippen LogP contribution in [0.2, 0.25) is 0 Å². The van der Waals surface area contributed by atoms with E-state index in [0.29, 0.717) is 17.8 Å². The van der Waals surface area contributed by atoms with Crippen LogP contribution in [0, 0.1) is 6.92 Å². The average molecular weight is 388 g/mol. The third-order valence-corrected chi connectivity index (χ3v) is 6.75. The Bertz CT molecular complexity index is 897. The van der Waals surface area contributed by atoms with E-state index in [9.17, 15) is 4.79 Å². The van der Waals surface area contributed by atoms with Crippen molar-refractivity contribution in [2.24, 2.45) is 0 Å².